The molecule has 0 unspecified atom stereocenters. The van der Waals surface area contributed by atoms with Crippen LogP contribution in [0.15, 0.2) is 65.8 Å². The van der Waals surface area contributed by atoms with Crippen LogP contribution in [0.25, 0.3) is 0 Å². The second-order valence-electron chi connectivity index (χ2n) is 4.38. The number of hydrogen-bond donors (Lipinski definition) is 1. The van der Waals surface area contributed by atoms with Gasteiger partial charge in [0.2, 0.25) is 0 Å². The van der Waals surface area contributed by atoms with Crippen LogP contribution in [0.4, 0.5) is 5.69 Å². The van der Waals surface area contributed by atoms with Crippen molar-refractivity contribution in [2.24, 2.45) is 5.10 Å². The Morgan fingerprint density at radius 1 is 1.14 bits per heavy atom. The molecule has 0 heterocycles. The van der Waals surface area contributed by atoms with E-state index in [9.17, 15) is 0 Å². The number of hydrogen-bond acceptors (Lipinski definition) is 2. The lowest BCUT2D eigenvalue weighted by atomic mass is 10.2. The largest absolute Gasteiger partial charge is 0.483 e. The summed E-state index contributed by atoms with van der Waals surface area (Å²) >= 11 is 5.85. The standard InChI is InChI=1S/C17H17ClN2O/c1-2-3-12-21-17-7-5-4-6-16(17)20-19-13-14-8-10-15(18)11-9-14/h2-11,13,20H,12H2,1H3/p+1/b3-2+,19-13-. The minimum Gasteiger partial charge on any atom is -0.483 e. The number of halogens is 1. The molecule has 2 aromatic carbocycles. The molecule has 0 bridgehead atoms. The van der Waals surface area contributed by atoms with Crippen LogP contribution in [0, 0.1) is 0 Å². The highest BCUT2D eigenvalue weighted by atomic mass is 35.5. The van der Waals surface area contributed by atoms with Gasteiger partial charge < -0.3 is 4.74 Å². The van der Waals surface area contributed by atoms with E-state index < -0.39 is 0 Å². The van der Waals surface area contributed by atoms with E-state index in [4.69, 9.17) is 16.3 Å². The van der Waals surface area contributed by atoms with Gasteiger partial charge in [-0.2, -0.15) is 5.43 Å². The van der Waals surface area contributed by atoms with Crippen molar-refractivity contribution < 1.29 is 10.2 Å². The van der Waals surface area contributed by atoms with Crippen molar-refractivity contribution in [1.29, 1.82) is 0 Å². The van der Waals surface area contributed by atoms with E-state index in [2.05, 4.69) is 5.10 Å². The van der Waals surface area contributed by atoms with Crippen LogP contribution in [0.5, 0.6) is 5.75 Å². The number of ether oxygens (including phenoxy) is 1. The van der Waals surface area contributed by atoms with Crippen LogP contribution in [-0.2, 0) is 0 Å². The quantitative estimate of drug-likeness (QED) is 0.286. The maximum atomic E-state index is 5.85. The van der Waals surface area contributed by atoms with Crippen molar-refractivity contribution in [1.82, 2.24) is 0 Å². The van der Waals surface area contributed by atoms with Gasteiger partial charge in [0, 0.05) is 11.1 Å². The average Bonchev–Trinajstić information content (AvgIpc) is 2.51. The third kappa shape index (κ3) is 5.06. The third-order valence-corrected chi connectivity index (χ3v) is 3.05. The van der Waals surface area contributed by atoms with Gasteiger partial charge in [0.05, 0.1) is 6.21 Å². The zero-order valence-corrected chi connectivity index (χ0v) is 12.6. The highest BCUT2D eigenvalue weighted by Crippen LogP contribution is 2.18. The second kappa shape index (κ2) is 8.25. The molecule has 0 spiro atoms. The van der Waals surface area contributed by atoms with Crippen LogP contribution in [-0.4, -0.2) is 12.8 Å². The Bertz CT molecular complexity index is 621. The fraction of sp³-hybridized carbons (Fsp3) is 0.118. The summed E-state index contributed by atoms with van der Waals surface area (Å²) in [6, 6.07) is 15.4. The lowest BCUT2D eigenvalue weighted by molar-refractivity contribution is -0.577. The fourth-order valence-corrected chi connectivity index (χ4v) is 1.83. The molecule has 0 radical (unpaired) electrons. The van der Waals surface area contributed by atoms with Crippen molar-refractivity contribution in [3.8, 4) is 5.75 Å². The SMILES string of the molecule is C/C=C/COc1ccccc1[NH2+]/N=C\c1ccc(Cl)cc1. The van der Waals surface area contributed by atoms with Gasteiger partial charge in [-0.25, -0.2) is 0 Å². The van der Waals surface area contributed by atoms with Crippen LogP contribution in [0.1, 0.15) is 12.5 Å². The zero-order chi connectivity index (χ0) is 14.9. The molecule has 0 aromatic heterocycles. The number of rotatable bonds is 6. The van der Waals surface area contributed by atoms with Gasteiger partial charge in [-0.1, -0.05) is 53.1 Å². The Morgan fingerprint density at radius 3 is 2.67 bits per heavy atom. The summed E-state index contributed by atoms with van der Waals surface area (Å²) in [5.41, 5.74) is 3.75. The van der Waals surface area contributed by atoms with Crippen LogP contribution >= 0.6 is 11.6 Å². The highest BCUT2D eigenvalue weighted by molar-refractivity contribution is 6.30. The van der Waals surface area contributed by atoms with Crippen molar-refractivity contribution in [2.45, 2.75) is 6.92 Å². The molecule has 0 aliphatic carbocycles. The van der Waals surface area contributed by atoms with Gasteiger partial charge in [-0.3, -0.25) is 0 Å². The summed E-state index contributed by atoms with van der Waals surface area (Å²) in [6.07, 6.45) is 5.72. The first kappa shape index (κ1) is 15.3. The molecule has 0 aliphatic heterocycles. The maximum Gasteiger partial charge on any atom is 0.198 e. The van der Waals surface area contributed by atoms with Crippen LogP contribution in [0.2, 0.25) is 5.02 Å². The molecule has 4 heteroatoms. The van der Waals surface area contributed by atoms with Gasteiger partial charge in [0.15, 0.2) is 11.4 Å². The molecule has 3 nitrogen and oxygen atoms in total. The molecular formula is C17H18ClN2O+. The topological polar surface area (TPSA) is 38.2 Å². The van der Waals surface area contributed by atoms with Crippen LogP contribution < -0.4 is 10.2 Å². The van der Waals surface area contributed by atoms with E-state index in [-0.39, 0.29) is 0 Å². The number of benzene rings is 2. The average molecular weight is 302 g/mol. The predicted octanol–water partition coefficient (Wildman–Crippen LogP) is 3.52. The Morgan fingerprint density at radius 2 is 1.90 bits per heavy atom. The lowest BCUT2D eigenvalue weighted by Gasteiger charge is -2.05. The minimum atomic E-state index is 0.558. The predicted molar refractivity (Wildman–Crippen MR) is 87.4 cm³/mol. The number of quaternary nitrogens is 1. The molecule has 2 aromatic rings. The molecule has 0 saturated heterocycles. The van der Waals surface area contributed by atoms with Gasteiger partial charge in [-0.05, 0) is 30.7 Å². The number of para-hydroxylation sites is 1. The van der Waals surface area contributed by atoms with Crippen molar-refractivity contribution >= 4 is 23.5 Å². The molecule has 108 valence electrons. The Kier molecular flexibility index (Phi) is 6.00. The van der Waals surface area contributed by atoms with E-state index >= 15 is 0 Å². The van der Waals surface area contributed by atoms with E-state index in [0.29, 0.717) is 6.61 Å². The first-order chi connectivity index (χ1) is 10.3. The maximum absolute atomic E-state index is 5.85. The molecule has 2 N–H and O–H groups in total. The van der Waals surface area contributed by atoms with E-state index in [1.807, 2.05) is 67.6 Å². The molecule has 0 saturated carbocycles. The van der Waals surface area contributed by atoms with E-state index in [1.165, 1.54) is 0 Å². The third-order valence-electron chi connectivity index (χ3n) is 2.80. The molecule has 0 fully saturated rings. The first-order valence-corrected chi connectivity index (χ1v) is 7.12. The number of nitrogens with two attached hydrogens (primary N) is 1. The Labute approximate surface area is 129 Å². The zero-order valence-electron chi connectivity index (χ0n) is 11.9. The summed E-state index contributed by atoms with van der Waals surface area (Å²) in [6.45, 7) is 2.53. The smallest absolute Gasteiger partial charge is 0.198 e. The number of nitrogens with zero attached hydrogens (tertiary/aromatic N) is 1. The number of allylic oxidation sites excluding steroid dienone is 1. The molecule has 21 heavy (non-hydrogen) atoms. The van der Waals surface area contributed by atoms with Gasteiger partial charge in [0.1, 0.15) is 6.61 Å². The summed E-state index contributed by atoms with van der Waals surface area (Å²) < 4.78 is 5.69. The lowest BCUT2D eigenvalue weighted by Crippen LogP contribution is -2.71. The minimum absolute atomic E-state index is 0.558. The molecular weight excluding hydrogens is 284 g/mol. The highest BCUT2D eigenvalue weighted by Gasteiger charge is 2.04. The summed E-state index contributed by atoms with van der Waals surface area (Å²) in [5.74, 6) is 0.823. The van der Waals surface area contributed by atoms with Crippen molar-refractivity contribution in [3.05, 3.63) is 71.3 Å². The second-order valence-corrected chi connectivity index (χ2v) is 4.81. The van der Waals surface area contributed by atoms with Gasteiger partial charge >= 0.3 is 0 Å². The van der Waals surface area contributed by atoms with Gasteiger partial charge in [0.25, 0.3) is 0 Å². The fourth-order valence-electron chi connectivity index (χ4n) is 1.71. The monoisotopic (exact) mass is 301 g/mol. The van der Waals surface area contributed by atoms with Crippen LogP contribution in [0.3, 0.4) is 0 Å². The molecule has 0 amide bonds. The van der Waals surface area contributed by atoms with Crippen molar-refractivity contribution in [3.63, 3.8) is 0 Å². The van der Waals surface area contributed by atoms with Gasteiger partial charge in [-0.15, -0.1) is 0 Å². The first-order valence-electron chi connectivity index (χ1n) is 6.74. The normalized spacial score (nSPS) is 11.3. The molecule has 0 atom stereocenters. The Balaban J connectivity index is 2.00. The molecule has 2 rings (SSSR count). The van der Waals surface area contributed by atoms with E-state index in [1.54, 1.807) is 11.6 Å². The summed E-state index contributed by atoms with van der Waals surface area (Å²) in [7, 11) is 0. The van der Waals surface area contributed by atoms with Crippen molar-refractivity contribution in [2.75, 3.05) is 6.61 Å². The summed E-state index contributed by atoms with van der Waals surface area (Å²) in [5, 5.41) is 5.06. The molecule has 0 aliphatic rings. The summed E-state index contributed by atoms with van der Waals surface area (Å²) in [4.78, 5) is 0. The Hall–Kier alpha value is -2.10. The van der Waals surface area contributed by atoms with E-state index in [0.717, 1.165) is 22.0 Å².